The van der Waals surface area contributed by atoms with Crippen LogP contribution in [-0.4, -0.2) is 73.2 Å². The fourth-order valence-electron chi connectivity index (χ4n) is 4.49. The number of nitrogens with one attached hydrogen (secondary N) is 2. The first-order valence-corrected chi connectivity index (χ1v) is 12.5. The number of aromatic nitrogens is 3. The molecule has 3 aromatic rings. The summed E-state index contributed by atoms with van der Waals surface area (Å²) < 4.78 is 14.5. The number of nitrogens with zero attached hydrogens (tertiary/aromatic N) is 3. The van der Waals surface area contributed by atoms with E-state index >= 15 is 0 Å². The molecule has 0 radical (unpaired) electrons. The van der Waals surface area contributed by atoms with Crippen molar-refractivity contribution in [3.63, 3.8) is 0 Å². The Bertz CT molecular complexity index is 1000. The second-order valence-electron chi connectivity index (χ2n) is 8.27. The summed E-state index contributed by atoms with van der Waals surface area (Å²) in [6.07, 6.45) is 3.02. The maximum atomic E-state index is 12.6. The van der Waals surface area contributed by atoms with E-state index in [-0.39, 0.29) is 12.0 Å². The molecular weight excluding hydrogens is 426 g/mol. The van der Waals surface area contributed by atoms with Gasteiger partial charge in [-0.1, -0.05) is 41.5 Å². The Morgan fingerprint density at radius 2 is 1.94 bits per heavy atom. The Morgan fingerprint density at radius 1 is 1.12 bits per heavy atom. The van der Waals surface area contributed by atoms with E-state index in [0.29, 0.717) is 30.1 Å². The van der Waals surface area contributed by atoms with Crippen molar-refractivity contribution in [3.05, 3.63) is 54.5 Å². The summed E-state index contributed by atoms with van der Waals surface area (Å²) in [4.78, 5) is 8.59. The monoisotopic (exact) mass is 457 g/mol. The van der Waals surface area contributed by atoms with Crippen molar-refractivity contribution in [1.29, 1.82) is 0 Å². The van der Waals surface area contributed by atoms with Gasteiger partial charge in [-0.05, 0) is 31.0 Å². The fraction of sp³-hybridized carbons (Fsp3) is 0.478. The first kappa shape index (κ1) is 23.0. The zero-order chi connectivity index (χ0) is 22.5. The zero-order valence-electron chi connectivity index (χ0n) is 18.2. The summed E-state index contributed by atoms with van der Waals surface area (Å²) in [5.74, 6) is 1.41. The SMILES string of the molecule is CNc1ncnc2c1ccn2[C@@H]1C[C@H](C[S+]([O-])CCNCCc2ccccc2)[C@@H](O)[C@H]1O. The molecule has 32 heavy (non-hydrogen) atoms. The summed E-state index contributed by atoms with van der Waals surface area (Å²) in [6.45, 7) is 1.51. The van der Waals surface area contributed by atoms with Gasteiger partial charge in [0.15, 0.2) is 0 Å². The average molecular weight is 458 g/mol. The van der Waals surface area contributed by atoms with Crippen molar-refractivity contribution in [1.82, 2.24) is 19.9 Å². The third kappa shape index (κ3) is 5.07. The summed E-state index contributed by atoms with van der Waals surface area (Å²) >= 11 is -1.07. The van der Waals surface area contributed by atoms with Crippen LogP contribution in [0.1, 0.15) is 18.0 Å². The maximum absolute atomic E-state index is 12.6. The van der Waals surface area contributed by atoms with Gasteiger partial charge in [-0.15, -0.1) is 0 Å². The number of rotatable bonds is 10. The lowest BCUT2D eigenvalue weighted by molar-refractivity contribution is 0.0102. The summed E-state index contributed by atoms with van der Waals surface area (Å²) in [7, 11) is 1.80. The third-order valence-corrected chi connectivity index (χ3v) is 7.67. The van der Waals surface area contributed by atoms with Crippen LogP contribution in [0.25, 0.3) is 11.0 Å². The van der Waals surface area contributed by atoms with Crippen molar-refractivity contribution >= 4 is 28.0 Å². The van der Waals surface area contributed by atoms with Crippen LogP contribution in [0.2, 0.25) is 0 Å². The molecule has 9 heteroatoms. The van der Waals surface area contributed by atoms with Gasteiger partial charge in [0.05, 0.1) is 17.5 Å². The first-order valence-electron chi connectivity index (χ1n) is 11.0. The van der Waals surface area contributed by atoms with E-state index in [1.165, 1.54) is 11.9 Å². The summed E-state index contributed by atoms with van der Waals surface area (Å²) in [5.41, 5.74) is 1.99. The van der Waals surface area contributed by atoms with Gasteiger partial charge in [0.1, 0.15) is 35.4 Å². The van der Waals surface area contributed by atoms with Gasteiger partial charge < -0.3 is 30.0 Å². The van der Waals surface area contributed by atoms with Crippen LogP contribution in [0, 0.1) is 5.92 Å². The highest BCUT2D eigenvalue weighted by Crippen LogP contribution is 2.38. The van der Waals surface area contributed by atoms with Crippen LogP contribution >= 0.6 is 0 Å². The van der Waals surface area contributed by atoms with Gasteiger partial charge in [0.2, 0.25) is 0 Å². The number of hydrogen-bond acceptors (Lipinski definition) is 7. The Labute approximate surface area is 191 Å². The van der Waals surface area contributed by atoms with Crippen molar-refractivity contribution in [3.8, 4) is 0 Å². The molecule has 2 aromatic heterocycles. The fourth-order valence-corrected chi connectivity index (χ4v) is 5.84. The summed E-state index contributed by atoms with van der Waals surface area (Å²) in [5, 5.41) is 28.6. The minimum atomic E-state index is -1.07. The second-order valence-corrected chi connectivity index (χ2v) is 9.89. The lowest BCUT2D eigenvalue weighted by atomic mass is 10.1. The van der Waals surface area contributed by atoms with Crippen molar-refractivity contribution < 1.29 is 14.8 Å². The molecule has 8 nitrogen and oxygen atoms in total. The molecule has 172 valence electrons. The number of fused-ring (bicyclic) bond motifs is 1. The van der Waals surface area contributed by atoms with Crippen LogP contribution in [0.5, 0.6) is 0 Å². The Morgan fingerprint density at radius 3 is 2.72 bits per heavy atom. The lowest BCUT2D eigenvalue weighted by Crippen LogP contribution is -2.33. The van der Waals surface area contributed by atoms with E-state index in [1.807, 2.05) is 35.0 Å². The molecule has 0 aliphatic heterocycles. The highest BCUT2D eigenvalue weighted by Gasteiger charge is 2.44. The quantitative estimate of drug-likeness (QED) is 0.268. The molecule has 5 atom stereocenters. The zero-order valence-corrected chi connectivity index (χ0v) is 19.0. The maximum Gasteiger partial charge on any atom is 0.145 e. The predicted octanol–water partition coefficient (Wildman–Crippen LogP) is 1.34. The highest BCUT2D eigenvalue weighted by atomic mass is 32.2. The molecule has 0 bridgehead atoms. The van der Waals surface area contributed by atoms with Crippen molar-refractivity contribution in [2.45, 2.75) is 31.1 Å². The molecule has 1 fully saturated rings. The number of aliphatic hydroxyl groups excluding tert-OH is 2. The van der Waals surface area contributed by atoms with Crippen molar-refractivity contribution in [2.75, 3.05) is 37.0 Å². The van der Waals surface area contributed by atoms with Crippen LogP contribution in [0.4, 0.5) is 5.82 Å². The molecule has 0 saturated heterocycles. The predicted molar refractivity (Wildman–Crippen MR) is 127 cm³/mol. The highest BCUT2D eigenvalue weighted by molar-refractivity contribution is 7.91. The van der Waals surface area contributed by atoms with Crippen molar-refractivity contribution in [2.24, 2.45) is 5.92 Å². The molecule has 0 spiro atoms. The molecule has 1 saturated carbocycles. The molecule has 4 N–H and O–H groups in total. The van der Waals surface area contributed by atoms with Crippen LogP contribution < -0.4 is 10.6 Å². The van der Waals surface area contributed by atoms with Crippen LogP contribution in [-0.2, 0) is 17.6 Å². The number of hydrogen-bond donors (Lipinski definition) is 4. The largest absolute Gasteiger partial charge is 0.616 e. The standard InChI is InChI=1S/C23H31N5O3S/c1-24-22-18-8-11-28(23(18)27-15-26-22)19-13-17(20(29)21(19)30)14-32(31)12-10-25-9-7-16-5-3-2-4-6-16/h2-6,8,11,15,17,19-21,25,29-30H,7,9-10,12-14H2,1H3,(H,24,26,27)/t17-,19-,20-,21+,32?/m1/s1. The third-order valence-electron chi connectivity index (χ3n) is 6.21. The van der Waals surface area contributed by atoms with Gasteiger partial charge >= 0.3 is 0 Å². The molecule has 0 amide bonds. The van der Waals surface area contributed by atoms with E-state index < -0.39 is 23.4 Å². The van der Waals surface area contributed by atoms with Crippen LogP contribution in [0.3, 0.4) is 0 Å². The second kappa shape index (κ2) is 10.6. The molecule has 1 aromatic carbocycles. The Balaban J connectivity index is 1.29. The first-order chi connectivity index (χ1) is 15.6. The van der Waals surface area contributed by atoms with E-state index in [2.05, 4.69) is 32.7 Å². The van der Waals surface area contributed by atoms with Gasteiger partial charge in [-0.2, -0.15) is 0 Å². The van der Waals surface area contributed by atoms with E-state index in [1.54, 1.807) is 7.05 Å². The molecule has 1 aliphatic carbocycles. The number of anilines is 1. The minimum Gasteiger partial charge on any atom is -0.616 e. The number of benzene rings is 1. The average Bonchev–Trinajstić information content (AvgIpc) is 3.36. The summed E-state index contributed by atoms with van der Waals surface area (Å²) in [6, 6.07) is 11.9. The van der Waals surface area contributed by atoms with Gasteiger partial charge in [-0.3, -0.25) is 0 Å². The normalized spacial score (nSPS) is 24.1. The Kier molecular flexibility index (Phi) is 7.64. The van der Waals surface area contributed by atoms with Crippen LogP contribution in [0.15, 0.2) is 48.9 Å². The van der Waals surface area contributed by atoms with Gasteiger partial charge in [0, 0.05) is 25.7 Å². The molecule has 1 aliphatic rings. The number of aliphatic hydroxyl groups is 2. The van der Waals surface area contributed by atoms with Gasteiger partial charge in [0.25, 0.3) is 0 Å². The molecule has 4 rings (SSSR count). The smallest absolute Gasteiger partial charge is 0.145 e. The van der Waals surface area contributed by atoms with E-state index in [4.69, 9.17) is 0 Å². The topological polar surface area (TPSA) is 118 Å². The van der Waals surface area contributed by atoms with E-state index in [0.717, 1.165) is 24.2 Å². The molecular formula is C23H31N5O3S. The Hall–Kier alpha value is -2.17. The van der Waals surface area contributed by atoms with E-state index in [9.17, 15) is 14.8 Å². The molecule has 1 unspecified atom stereocenters. The molecule has 2 heterocycles. The van der Waals surface area contributed by atoms with Gasteiger partial charge in [-0.25, -0.2) is 9.97 Å². The minimum absolute atomic E-state index is 0.219. The lowest BCUT2D eigenvalue weighted by Gasteiger charge is -2.19.